The second-order valence-electron chi connectivity index (χ2n) is 10.2. The molecule has 5 heteroatoms. The Balaban J connectivity index is 1.90. The number of piperazine rings is 1. The Labute approximate surface area is 194 Å². The van der Waals surface area contributed by atoms with Crippen LogP contribution in [0.15, 0.2) is 18.2 Å². The number of aryl methyl sites for hydroxylation is 3. The Bertz CT molecular complexity index is 943. The van der Waals surface area contributed by atoms with E-state index < -0.39 is 0 Å². The summed E-state index contributed by atoms with van der Waals surface area (Å²) in [5.41, 5.74) is 6.20. The van der Waals surface area contributed by atoms with E-state index in [-0.39, 0.29) is 5.91 Å². The number of amides is 1. The Hall–Kier alpha value is -2.43. The van der Waals surface area contributed by atoms with Crippen molar-refractivity contribution in [2.75, 3.05) is 31.1 Å². The van der Waals surface area contributed by atoms with Gasteiger partial charge < -0.3 is 9.80 Å². The molecule has 0 radical (unpaired) electrons. The van der Waals surface area contributed by atoms with Crippen molar-refractivity contribution < 1.29 is 4.79 Å². The minimum absolute atomic E-state index is 0.273. The number of hydrogen-bond acceptors (Lipinski definition) is 4. The summed E-state index contributed by atoms with van der Waals surface area (Å²) in [6.45, 7) is 18.2. The lowest BCUT2D eigenvalue weighted by Gasteiger charge is -2.37. The van der Waals surface area contributed by atoms with Gasteiger partial charge in [-0.15, -0.1) is 0 Å². The third-order valence-corrected chi connectivity index (χ3v) is 6.22. The van der Waals surface area contributed by atoms with Crippen LogP contribution in [0.1, 0.15) is 67.9 Å². The molecule has 1 saturated heterocycles. The van der Waals surface area contributed by atoms with Gasteiger partial charge in [0.15, 0.2) is 0 Å². The monoisotopic (exact) mass is 436 g/mol. The molecule has 32 heavy (non-hydrogen) atoms. The smallest absolute Gasteiger partial charge is 0.222 e. The molecule has 174 valence electrons. The van der Waals surface area contributed by atoms with E-state index >= 15 is 0 Å². The van der Waals surface area contributed by atoms with E-state index in [0.717, 1.165) is 56.4 Å². The molecule has 1 fully saturated rings. The summed E-state index contributed by atoms with van der Waals surface area (Å²) in [7, 11) is 0. The van der Waals surface area contributed by atoms with Crippen molar-refractivity contribution in [3.63, 3.8) is 0 Å². The first-order chi connectivity index (χ1) is 15.1. The summed E-state index contributed by atoms with van der Waals surface area (Å²) in [5.74, 6) is 3.17. The average molecular weight is 437 g/mol. The van der Waals surface area contributed by atoms with E-state index in [1.54, 1.807) is 0 Å². The number of hydrogen-bond donors (Lipinski definition) is 0. The van der Waals surface area contributed by atoms with Crippen molar-refractivity contribution in [3.8, 4) is 0 Å². The minimum atomic E-state index is 0.273. The van der Waals surface area contributed by atoms with E-state index in [0.29, 0.717) is 18.3 Å². The molecule has 1 amide bonds. The van der Waals surface area contributed by atoms with Crippen LogP contribution in [0.3, 0.4) is 0 Å². The summed E-state index contributed by atoms with van der Waals surface area (Å²) in [6, 6.07) is 6.65. The molecule has 1 aromatic heterocycles. The molecule has 5 nitrogen and oxygen atoms in total. The van der Waals surface area contributed by atoms with Gasteiger partial charge in [0, 0.05) is 56.7 Å². The van der Waals surface area contributed by atoms with E-state index in [2.05, 4.69) is 71.6 Å². The van der Waals surface area contributed by atoms with Gasteiger partial charge in [-0.1, -0.05) is 51.5 Å². The first-order valence-electron chi connectivity index (χ1n) is 12.1. The van der Waals surface area contributed by atoms with Crippen LogP contribution >= 0.6 is 0 Å². The van der Waals surface area contributed by atoms with E-state index in [4.69, 9.17) is 9.97 Å². The number of carbonyl (C=O) groups excluding carboxylic acids is 1. The zero-order chi connectivity index (χ0) is 23.4. The van der Waals surface area contributed by atoms with E-state index in [1.165, 1.54) is 22.3 Å². The normalized spacial score (nSPS) is 14.5. The maximum Gasteiger partial charge on any atom is 0.222 e. The SMILES string of the molecule is Cc1ccc(C)c(Cc2c(C)nc(CC(C)C)nc2N2CCN(C(=O)CC(C)C)CC2)c1. The Morgan fingerprint density at radius 3 is 2.28 bits per heavy atom. The van der Waals surface area contributed by atoms with Crippen LogP contribution in [-0.4, -0.2) is 47.0 Å². The average Bonchev–Trinajstić information content (AvgIpc) is 2.71. The lowest BCUT2D eigenvalue weighted by molar-refractivity contribution is -0.132. The molecule has 0 N–H and O–H groups in total. The Morgan fingerprint density at radius 2 is 1.66 bits per heavy atom. The Kier molecular flexibility index (Phi) is 7.91. The van der Waals surface area contributed by atoms with Gasteiger partial charge in [-0.05, 0) is 43.7 Å². The molecule has 1 aliphatic heterocycles. The summed E-state index contributed by atoms with van der Waals surface area (Å²) >= 11 is 0. The highest BCUT2D eigenvalue weighted by atomic mass is 16.2. The third kappa shape index (κ3) is 6.08. The summed E-state index contributed by atoms with van der Waals surface area (Å²) in [4.78, 5) is 26.9. The zero-order valence-corrected chi connectivity index (χ0v) is 21.0. The van der Waals surface area contributed by atoms with Crippen molar-refractivity contribution in [1.82, 2.24) is 14.9 Å². The third-order valence-electron chi connectivity index (χ3n) is 6.22. The quantitative estimate of drug-likeness (QED) is 0.620. The van der Waals surface area contributed by atoms with Crippen molar-refractivity contribution in [1.29, 1.82) is 0 Å². The molecule has 0 aliphatic carbocycles. The number of benzene rings is 1. The van der Waals surface area contributed by atoms with Gasteiger partial charge in [0.2, 0.25) is 5.91 Å². The van der Waals surface area contributed by atoms with Crippen LogP contribution < -0.4 is 4.90 Å². The predicted molar refractivity (Wildman–Crippen MR) is 132 cm³/mol. The van der Waals surface area contributed by atoms with E-state index in [9.17, 15) is 4.79 Å². The molecule has 0 spiro atoms. The van der Waals surface area contributed by atoms with Gasteiger partial charge in [0.25, 0.3) is 0 Å². The molecule has 0 bridgehead atoms. The maximum absolute atomic E-state index is 12.5. The van der Waals surface area contributed by atoms with Gasteiger partial charge in [-0.2, -0.15) is 0 Å². The molecule has 2 heterocycles. The van der Waals surface area contributed by atoms with Crippen molar-refractivity contribution >= 4 is 11.7 Å². The van der Waals surface area contributed by atoms with Gasteiger partial charge in [-0.25, -0.2) is 9.97 Å². The lowest BCUT2D eigenvalue weighted by atomic mass is 9.97. The van der Waals surface area contributed by atoms with Crippen molar-refractivity contribution in [3.05, 3.63) is 52.0 Å². The maximum atomic E-state index is 12.5. The number of rotatable bonds is 7. The van der Waals surface area contributed by atoms with Crippen molar-refractivity contribution in [2.45, 2.75) is 67.7 Å². The molecule has 1 aliphatic rings. The minimum Gasteiger partial charge on any atom is -0.353 e. The van der Waals surface area contributed by atoms with E-state index in [1.807, 2.05) is 4.90 Å². The van der Waals surface area contributed by atoms with Crippen LogP contribution in [0.4, 0.5) is 5.82 Å². The number of anilines is 1. The van der Waals surface area contributed by atoms with Gasteiger partial charge in [-0.3, -0.25) is 4.79 Å². The summed E-state index contributed by atoms with van der Waals surface area (Å²) < 4.78 is 0. The fraction of sp³-hybridized carbons (Fsp3) is 0.593. The zero-order valence-electron chi connectivity index (χ0n) is 21.0. The highest BCUT2D eigenvalue weighted by Gasteiger charge is 2.25. The highest BCUT2D eigenvalue weighted by molar-refractivity contribution is 5.76. The fourth-order valence-corrected chi connectivity index (χ4v) is 4.39. The topological polar surface area (TPSA) is 49.3 Å². The molecule has 0 unspecified atom stereocenters. The van der Waals surface area contributed by atoms with Gasteiger partial charge >= 0.3 is 0 Å². The molecule has 3 rings (SSSR count). The highest BCUT2D eigenvalue weighted by Crippen LogP contribution is 2.27. The largest absolute Gasteiger partial charge is 0.353 e. The molecule has 0 saturated carbocycles. The summed E-state index contributed by atoms with van der Waals surface area (Å²) in [6.07, 6.45) is 2.34. The molecular formula is C27H40N4O. The van der Waals surface area contributed by atoms with Crippen LogP contribution in [0.25, 0.3) is 0 Å². The number of nitrogens with zero attached hydrogens (tertiary/aromatic N) is 4. The Morgan fingerprint density at radius 1 is 0.969 bits per heavy atom. The predicted octanol–water partition coefficient (Wildman–Crippen LogP) is 4.89. The summed E-state index contributed by atoms with van der Waals surface area (Å²) in [5, 5.41) is 0. The molecular weight excluding hydrogens is 396 g/mol. The number of aromatic nitrogens is 2. The van der Waals surface area contributed by atoms with Crippen LogP contribution in [0.5, 0.6) is 0 Å². The standard InChI is InChI=1S/C27H40N4O/c1-18(2)14-25-28-22(7)24(17-23-16-20(5)8-9-21(23)6)27(29-25)31-12-10-30(11-13-31)26(32)15-19(3)4/h8-9,16,18-19H,10-15,17H2,1-7H3. The first-order valence-corrected chi connectivity index (χ1v) is 12.1. The van der Waals surface area contributed by atoms with Crippen LogP contribution in [-0.2, 0) is 17.6 Å². The van der Waals surface area contributed by atoms with Gasteiger partial charge in [0.1, 0.15) is 11.6 Å². The van der Waals surface area contributed by atoms with Crippen molar-refractivity contribution in [2.24, 2.45) is 11.8 Å². The molecule has 0 atom stereocenters. The number of carbonyl (C=O) groups is 1. The second-order valence-corrected chi connectivity index (χ2v) is 10.2. The van der Waals surface area contributed by atoms with Crippen LogP contribution in [0, 0.1) is 32.6 Å². The lowest BCUT2D eigenvalue weighted by Crippen LogP contribution is -2.49. The van der Waals surface area contributed by atoms with Gasteiger partial charge in [0.05, 0.1) is 0 Å². The van der Waals surface area contributed by atoms with Crippen LogP contribution in [0.2, 0.25) is 0 Å². The second kappa shape index (κ2) is 10.5. The first kappa shape index (κ1) is 24.2. The molecule has 2 aromatic rings. The molecule has 1 aromatic carbocycles. The fourth-order valence-electron chi connectivity index (χ4n) is 4.39.